The number of nitrogens with zero attached hydrogens (tertiary/aromatic N) is 3. The number of amidine groups is 1. The molecule has 1 aromatic rings. The van der Waals surface area contributed by atoms with Crippen molar-refractivity contribution < 1.29 is 13.2 Å². The zero-order chi connectivity index (χ0) is 17.3. The molecule has 1 unspecified atom stereocenters. The lowest BCUT2D eigenvalue weighted by Gasteiger charge is -2.36. The minimum absolute atomic E-state index is 0.366. The zero-order valence-corrected chi connectivity index (χ0v) is 15.0. The molecule has 3 heterocycles. The minimum atomic E-state index is -3.63. The molecule has 136 valence electrons. The van der Waals surface area contributed by atoms with Crippen molar-refractivity contribution in [3.05, 3.63) is 29.8 Å². The van der Waals surface area contributed by atoms with Gasteiger partial charge in [0.05, 0.1) is 13.2 Å². The third-order valence-electron chi connectivity index (χ3n) is 5.01. The van der Waals surface area contributed by atoms with Gasteiger partial charge < -0.3 is 14.5 Å². The summed E-state index contributed by atoms with van der Waals surface area (Å²) < 4.78 is 36.4. The van der Waals surface area contributed by atoms with E-state index in [0.717, 1.165) is 69.8 Å². The summed E-state index contributed by atoms with van der Waals surface area (Å²) in [6, 6.07) is 8.17. The topological polar surface area (TPSA) is 74.2 Å². The van der Waals surface area contributed by atoms with Crippen LogP contribution in [0.4, 0.5) is 5.69 Å². The first-order valence-corrected chi connectivity index (χ1v) is 10.4. The SMILES string of the molecule is O=S1(=O)N=C2CCCCCN2C(c2ccc(N3CCOCC3)cc2)N1. The van der Waals surface area contributed by atoms with E-state index in [1.165, 1.54) is 0 Å². The summed E-state index contributed by atoms with van der Waals surface area (Å²) in [6.45, 7) is 4.10. The van der Waals surface area contributed by atoms with Crippen molar-refractivity contribution in [2.45, 2.75) is 31.8 Å². The van der Waals surface area contributed by atoms with Crippen LogP contribution in [0.25, 0.3) is 0 Å². The van der Waals surface area contributed by atoms with Gasteiger partial charge >= 0.3 is 10.2 Å². The molecule has 0 spiro atoms. The Labute approximate surface area is 148 Å². The summed E-state index contributed by atoms with van der Waals surface area (Å²) in [6.07, 6.45) is 3.52. The van der Waals surface area contributed by atoms with Gasteiger partial charge in [0.2, 0.25) is 0 Å². The molecule has 7 nitrogen and oxygen atoms in total. The number of benzene rings is 1. The molecule has 0 bridgehead atoms. The molecule has 4 rings (SSSR count). The molecular formula is C17H24N4O3S. The Morgan fingerprint density at radius 3 is 2.56 bits per heavy atom. The van der Waals surface area contributed by atoms with Crippen LogP contribution in [0, 0.1) is 0 Å². The van der Waals surface area contributed by atoms with E-state index in [4.69, 9.17) is 4.74 Å². The zero-order valence-electron chi connectivity index (χ0n) is 14.2. The Kier molecular flexibility index (Phi) is 4.66. The smallest absolute Gasteiger partial charge is 0.323 e. The van der Waals surface area contributed by atoms with Crippen molar-refractivity contribution in [2.24, 2.45) is 4.40 Å². The van der Waals surface area contributed by atoms with Crippen LogP contribution in [-0.4, -0.2) is 52.0 Å². The molecule has 2 fully saturated rings. The molecule has 1 aromatic carbocycles. The molecule has 1 N–H and O–H groups in total. The molecule has 0 radical (unpaired) electrons. The maximum atomic E-state index is 12.2. The third-order valence-corrected chi connectivity index (χ3v) is 5.99. The van der Waals surface area contributed by atoms with Gasteiger partial charge in [-0.05, 0) is 30.5 Å². The van der Waals surface area contributed by atoms with E-state index in [1.54, 1.807) is 0 Å². The van der Waals surface area contributed by atoms with Crippen LogP contribution in [0.3, 0.4) is 0 Å². The summed E-state index contributed by atoms with van der Waals surface area (Å²) in [5.74, 6) is 0.693. The summed E-state index contributed by atoms with van der Waals surface area (Å²) >= 11 is 0. The van der Waals surface area contributed by atoms with E-state index in [9.17, 15) is 8.42 Å². The molecule has 3 aliphatic rings. The second-order valence-corrected chi connectivity index (χ2v) is 8.07. The molecule has 2 saturated heterocycles. The number of hydrogen-bond donors (Lipinski definition) is 1. The van der Waals surface area contributed by atoms with Gasteiger partial charge in [-0.25, -0.2) is 0 Å². The molecule has 25 heavy (non-hydrogen) atoms. The number of morpholine rings is 1. The molecule has 0 amide bonds. The van der Waals surface area contributed by atoms with Gasteiger partial charge in [-0.3, -0.25) is 0 Å². The largest absolute Gasteiger partial charge is 0.378 e. The average molecular weight is 364 g/mol. The highest BCUT2D eigenvalue weighted by atomic mass is 32.2. The summed E-state index contributed by atoms with van der Waals surface area (Å²) in [7, 11) is -3.63. The Hall–Kier alpha value is -1.64. The molecule has 8 heteroatoms. The van der Waals surface area contributed by atoms with Crippen LogP contribution in [0.2, 0.25) is 0 Å². The highest BCUT2D eigenvalue weighted by Crippen LogP contribution is 2.29. The minimum Gasteiger partial charge on any atom is -0.378 e. The first-order valence-electron chi connectivity index (χ1n) is 8.93. The van der Waals surface area contributed by atoms with E-state index in [2.05, 4.69) is 31.1 Å². The van der Waals surface area contributed by atoms with E-state index in [-0.39, 0.29) is 6.17 Å². The van der Waals surface area contributed by atoms with Gasteiger partial charge in [-0.15, -0.1) is 4.40 Å². The fourth-order valence-corrected chi connectivity index (χ4v) is 4.77. The van der Waals surface area contributed by atoms with Crippen molar-refractivity contribution in [1.29, 1.82) is 0 Å². The predicted molar refractivity (Wildman–Crippen MR) is 96.9 cm³/mol. The monoisotopic (exact) mass is 364 g/mol. The lowest BCUT2D eigenvalue weighted by molar-refractivity contribution is 0.122. The van der Waals surface area contributed by atoms with Gasteiger partial charge in [0, 0.05) is 31.7 Å². The quantitative estimate of drug-likeness (QED) is 0.864. The second kappa shape index (κ2) is 6.93. The maximum Gasteiger partial charge on any atom is 0.323 e. The standard InChI is InChI=1S/C17H24N4O3S/c22-25(23)18-16-4-2-1-3-9-21(16)17(19-25)14-5-7-15(8-6-14)20-10-12-24-13-11-20/h5-8,17,19H,1-4,9-13H2. The molecule has 0 aliphatic carbocycles. The summed E-state index contributed by atoms with van der Waals surface area (Å²) in [4.78, 5) is 4.40. The van der Waals surface area contributed by atoms with Gasteiger partial charge in [0.1, 0.15) is 12.0 Å². The Balaban J connectivity index is 1.60. The lowest BCUT2D eigenvalue weighted by atomic mass is 10.1. The van der Waals surface area contributed by atoms with Crippen molar-refractivity contribution in [1.82, 2.24) is 9.62 Å². The van der Waals surface area contributed by atoms with Gasteiger partial charge in [0.15, 0.2) is 0 Å². The Morgan fingerprint density at radius 1 is 1.04 bits per heavy atom. The molecule has 3 aliphatic heterocycles. The van der Waals surface area contributed by atoms with Crippen LogP contribution < -0.4 is 9.62 Å². The van der Waals surface area contributed by atoms with E-state index >= 15 is 0 Å². The van der Waals surface area contributed by atoms with Crippen LogP contribution >= 0.6 is 0 Å². The fourth-order valence-electron chi connectivity index (χ4n) is 3.70. The number of hydrogen-bond acceptors (Lipinski definition) is 5. The Morgan fingerprint density at radius 2 is 1.80 bits per heavy atom. The lowest BCUT2D eigenvalue weighted by Crippen LogP contribution is -2.48. The van der Waals surface area contributed by atoms with Crippen molar-refractivity contribution in [3.8, 4) is 0 Å². The predicted octanol–water partition coefficient (Wildman–Crippen LogP) is 1.64. The number of rotatable bonds is 2. The van der Waals surface area contributed by atoms with Crippen molar-refractivity contribution >= 4 is 21.7 Å². The maximum absolute atomic E-state index is 12.2. The summed E-state index contributed by atoms with van der Waals surface area (Å²) in [5, 5.41) is 0. The van der Waals surface area contributed by atoms with E-state index in [1.807, 2.05) is 12.1 Å². The fraction of sp³-hybridized carbons (Fsp3) is 0.588. The first-order chi connectivity index (χ1) is 12.1. The second-order valence-electron chi connectivity index (χ2n) is 6.70. The summed E-state index contributed by atoms with van der Waals surface area (Å²) in [5.41, 5.74) is 2.10. The highest BCUT2D eigenvalue weighted by Gasteiger charge is 2.33. The molecule has 1 atom stereocenters. The first kappa shape index (κ1) is 16.8. The van der Waals surface area contributed by atoms with Gasteiger partial charge in [-0.2, -0.15) is 13.1 Å². The van der Waals surface area contributed by atoms with Gasteiger partial charge in [0.25, 0.3) is 0 Å². The van der Waals surface area contributed by atoms with Crippen molar-refractivity contribution in [2.75, 3.05) is 37.7 Å². The highest BCUT2D eigenvalue weighted by molar-refractivity contribution is 7.88. The van der Waals surface area contributed by atoms with Crippen LogP contribution in [0.5, 0.6) is 0 Å². The number of fused-ring (bicyclic) bond motifs is 1. The van der Waals surface area contributed by atoms with E-state index in [0.29, 0.717) is 5.84 Å². The average Bonchev–Trinajstić information content (AvgIpc) is 2.86. The van der Waals surface area contributed by atoms with Crippen LogP contribution in [0.1, 0.15) is 37.4 Å². The molecular weight excluding hydrogens is 340 g/mol. The third kappa shape index (κ3) is 3.65. The van der Waals surface area contributed by atoms with E-state index < -0.39 is 10.2 Å². The number of ether oxygens (including phenoxy) is 1. The number of anilines is 1. The Bertz CT molecular complexity index is 742. The van der Waals surface area contributed by atoms with Gasteiger partial charge in [-0.1, -0.05) is 18.6 Å². The molecule has 0 aromatic heterocycles. The number of nitrogens with one attached hydrogen (secondary N) is 1. The van der Waals surface area contributed by atoms with Crippen molar-refractivity contribution in [3.63, 3.8) is 0 Å². The normalized spacial score (nSPS) is 26.6. The molecule has 0 saturated carbocycles. The van der Waals surface area contributed by atoms with Crippen LogP contribution in [-0.2, 0) is 14.9 Å². The van der Waals surface area contributed by atoms with Crippen LogP contribution in [0.15, 0.2) is 28.7 Å².